The summed E-state index contributed by atoms with van der Waals surface area (Å²) in [5.41, 5.74) is 3.12. The van der Waals surface area contributed by atoms with Crippen LogP contribution in [0.5, 0.6) is 0 Å². The van der Waals surface area contributed by atoms with E-state index in [2.05, 4.69) is 15.6 Å². The van der Waals surface area contributed by atoms with Gasteiger partial charge in [-0.1, -0.05) is 23.7 Å². The molecule has 1 aromatic heterocycles. The van der Waals surface area contributed by atoms with Crippen molar-refractivity contribution in [2.45, 2.75) is 0 Å². The van der Waals surface area contributed by atoms with Crippen molar-refractivity contribution in [3.8, 4) is 11.3 Å². The van der Waals surface area contributed by atoms with Crippen LogP contribution in [0.3, 0.4) is 0 Å². The maximum absolute atomic E-state index is 12.2. The van der Waals surface area contributed by atoms with E-state index in [1.165, 1.54) is 0 Å². The van der Waals surface area contributed by atoms with Gasteiger partial charge < -0.3 is 10.6 Å². The van der Waals surface area contributed by atoms with E-state index in [1.807, 2.05) is 36.7 Å². The van der Waals surface area contributed by atoms with E-state index >= 15 is 0 Å². The van der Waals surface area contributed by atoms with Crippen molar-refractivity contribution in [1.82, 2.24) is 4.98 Å². The summed E-state index contributed by atoms with van der Waals surface area (Å²) in [5, 5.41) is 9.34. The lowest BCUT2D eigenvalue weighted by Crippen LogP contribution is -2.11. The molecule has 2 aromatic carbocycles. The fourth-order valence-corrected chi connectivity index (χ4v) is 2.89. The zero-order valence-corrected chi connectivity index (χ0v) is 13.9. The smallest absolute Gasteiger partial charge is 0.255 e. The number of thiazole rings is 1. The third-order valence-electron chi connectivity index (χ3n) is 3.24. The number of rotatable bonds is 4. The van der Waals surface area contributed by atoms with Crippen LogP contribution in [0.25, 0.3) is 11.3 Å². The summed E-state index contributed by atoms with van der Waals surface area (Å²) in [7, 11) is 1.84. The summed E-state index contributed by atoms with van der Waals surface area (Å²) < 4.78 is 0. The van der Waals surface area contributed by atoms with Gasteiger partial charge >= 0.3 is 0 Å². The second-order valence-electron chi connectivity index (χ2n) is 4.83. The van der Waals surface area contributed by atoms with Gasteiger partial charge in [0.15, 0.2) is 5.13 Å². The Kier molecular flexibility index (Phi) is 4.60. The van der Waals surface area contributed by atoms with Crippen molar-refractivity contribution in [3.63, 3.8) is 0 Å². The molecule has 0 fully saturated rings. The second-order valence-corrected chi connectivity index (χ2v) is 6.12. The first-order chi connectivity index (χ1) is 11.2. The third kappa shape index (κ3) is 3.70. The van der Waals surface area contributed by atoms with Gasteiger partial charge in [0.2, 0.25) is 0 Å². The predicted molar refractivity (Wildman–Crippen MR) is 96.5 cm³/mol. The molecule has 0 atom stereocenters. The molecule has 0 saturated carbocycles. The number of carbonyl (C=O) groups excluding carboxylic acids is 1. The van der Waals surface area contributed by atoms with Crippen LogP contribution in [0, 0.1) is 0 Å². The lowest BCUT2D eigenvalue weighted by Gasteiger charge is -2.07. The lowest BCUT2D eigenvalue weighted by molar-refractivity contribution is 0.102. The van der Waals surface area contributed by atoms with Crippen LogP contribution in [0.15, 0.2) is 53.9 Å². The Labute approximate surface area is 143 Å². The highest BCUT2D eigenvalue weighted by molar-refractivity contribution is 7.14. The number of hydrogen-bond donors (Lipinski definition) is 2. The molecule has 0 aliphatic rings. The Balaban J connectivity index is 1.79. The molecule has 0 aliphatic carbocycles. The summed E-state index contributed by atoms with van der Waals surface area (Å²) in [6, 6.07) is 14.4. The maximum atomic E-state index is 12.2. The molecule has 1 amide bonds. The fourth-order valence-electron chi connectivity index (χ4n) is 2.08. The van der Waals surface area contributed by atoms with Crippen LogP contribution >= 0.6 is 22.9 Å². The highest BCUT2D eigenvalue weighted by atomic mass is 35.5. The van der Waals surface area contributed by atoms with E-state index in [1.54, 1.807) is 35.6 Å². The van der Waals surface area contributed by atoms with Crippen molar-refractivity contribution >= 4 is 39.7 Å². The van der Waals surface area contributed by atoms with Crippen molar-refractivity contribution in [2.75, 3.05) is 17.7 Å². The Morgan fingerprint density at radius 1 is 1.17 bits per heavy atom. The molecular weight excluding hydrogens is 330 g/mol. The van der Waals surface area contributed by atoms with Crippen LogP contribution < -0.4 is 10.6 Å². The topological polar surface area (TPSA) is 54.0 Å². The quantitative estimate of drug-likeness (QED) is 0.718. The van der Waals surface area contributed by atoms with Gasteiger partial charge in [-0.3, -0.25) is 4.79 Å². The van der Waals surface area contributed by atoms with Crippen LogP contribution in [-0.2, 0) is 0 Å². The molecule has 3 aromatic rings. The average molecular weight is 344 g/mol. The number of halogens is 1. The third-order valence-corrected chi connectivity index (χ3v) is 4.35. The summed E-state index contributed by atoms with van der Waals surface area (Å²) in [4.78, 5) is 16.7. The van der Waals surface area contributed by atoms with E-state index < -0.39 is 0 Å². The minimum absolute atomic E-state index is 0.173. The first-order valence-corrected chi connectivity index (χ1v) is 8.22. The lowest BCUT2D eigenvalue weighted by atomic mass is 10.1. The molecule has 0 spiro atoms. The molecule has 0 aliphatic heterocycles. The first-order valence-electron chi connectivity index (χ1n) is 6.96. The molecule has 0 bridgehead atoms. The molecule has 6 heteroatoms. The monoisotopic (exact) mass is 343 g/mol. The van der Waals surface area contributed by atoms with Gasteiger partial charge in [-0.2, -0.15) is 0 Å². The second kappa shape index (κ2) is 6.81. The molecule has 0 radical (unpaired) electrons. The van der Waals surface area contributed by atoms with Crippen molar-refractivity contribution in [1.29, 1.82) is 0 Å². The van der Waals surface area contributed by atoms with E-state index in [9.17, 15) is 4.79 Å². The zero-order valence-electron chi connectivity index (χ0n) is 12.3. The van der Waals surface area contributed by atoms with Gasteiger partial charge in [-0.15, -0.1) is 11.3 Å². The predicted octanol–water partition coefficient (Wildman–Crippen LogP) is 4.76. The molecular formula is C17H14ClN3OS. The normalized spacial score (nSPS) is 10.3. The Morgan fingerprint density at radius 3 is 2.65 bits per heavy atom. The Bertz CT molecular complexity index is 830. The van der Waals surface area contributed by atoms with Gasteiger partial charge in [0, 0.05) is 34.3 Å². The highest BCUT2D eigenvalue weighted by Crippen LogP contribution is 2.26. The minimum atomic E-state index is -0.173. The Hall–Kier alpha value is -2.37. The average Bonchev–Trinajstić information content (AvgIpc) is 3.05. The number of nitrogens with zero attached hydrogens (tertiary/aromatic N) is 1. The first kappa shape index (κ1) is 15.5. The van der Waals surface area contributed by atoms with E-state index in [4.69, 9.17) is 11.6 Å². The number of benzene rings is 2. The number of aromatic nitrogens is 1. The van der Waals surface area contributed by atoms with Gasteiger partial charge in [0.1, 0.15) is 0 Å². The molecule has 4 nitrogen and oxygen atoms in total. The summed E-state index contributed by atoms with van der Waals surface area (Å²) in [6.45, 7) is 0. The van der Waals surface area contributed by atoms with Gasteiger partial charge in [0.25, 0.3) is 5.91 Å². The van der Waals surface area contributed by atoms with E-state index in [0.29, 0.717) is 10.6 Å². The molecule has 0 saturated heterocycles. The van der Waals surface area contributed by atoms with Crippen molar-refractivity contribution in [2.24, 2.45) is 0 Å². The SMILES string of the molecule is CNc1nc(-c2cccc(NC(=O)c3ccc(Cl)cc3)c2)cs1. The molecule has 23 heavy (non-hydrogen) atoms. The number of carbonyl (C=O) groups is 1. The van der Waals surface area contributed by atoms with Crippen molar-refractivity contribution < 1.29 is 4.79 Å². The largest absolute Gasteiger partial charge is 0.365 e. The van der Waals surface area contributed by atoms with Gasteiger partial charge in [-0.05, 0) is 36.4 Å². The van der Waals surface area contributed by atoms with Crippen LogP contribution in [-0.4, -0.2) is 17.9 Å². The summed E-state index contributed by atoms with van der Waals surface area (Å²) in [6.07, 6.45) is 0. The maximum Gasteiger partial charge on any atom is 0.255 e. The number of nitrogens with one attached hydrogen (secondary N) is 2. The van der Waals surface area contributed by atoms with Crippen molar-refractivity contribution in [3.05, 3.63) is 64.5 Å². The van der Waals surface area contributed by atoms with Gasteiger partial charge in [0.05, 0.1) is 5.69 Å². The Morgan fingerprint density at radius 2 is 1.96 bits per heavy atom. The minimum Gasteiger partial charge on any atom is -0.365 e. The number of amides is 1. The van der Waals surface area contributed by atoms with Crippen LogP contribution in [0.2, 0.25) is 5.02 Å². The fraction of sp³-hybridized carbons (Fsp3) is 0.0588. The molecule has 1 heterocycles. The number of anilines is 2. The molecule has 3 rings (SSSR count). The molecule has 116 valence electrons. The van der Waals surface area contributed by atoms with Gasteiger partial charge in [-0.25, -0.2) is 4.98 Å². The highest BCUT2D eigenvalue weighted by Gasteiger charge is 2.08. The molecule has 0 unspecified atom stereocenters. The summed E-state index contributed by atoms with van der Waals surface area (Å²) >= 11 is 7.38. The van der Waals surface area contributed by atoms with E-state index in [0.717, 1.165) is 22.1 Å². The van der Waals surface area contributed by atoms with E-state index in [-0.39, 0.29) is 5.91 Å². The summed E-state index contributed by atoms with van der Waals surface area (Å²) in [5.74, 6) is -0.173. The zero-order chi connectivity index (χ0) is 16.2. The van der Waals surface area contributed by atoms with Crippen LogP contribution in [0.1, 0.15) is 10.4 Å². The molecule has 2 N–H and O–H groups in total. The number of hydrogen-bond acceptors (Lipinski definition) is 4. The standard InChI is InChI=1S/C17H14ClN3OS/c1-19-17-21-15(10-23-17)12-3-2-4-14(9-12)20-16(22)11-5-7-13(18)8-6-11/h2-10H,1H3,(H,19,21)(H,20,22). The van der Waals surface area contributed by atoms with Crippen LogP contribution in [0.4, 0.5) is 10.8 Å².